The van der Waals surface area contributed by atoms with E-state index in [0.717, 1.165) is 17.8 Å². The quantitative estimate of drug-likeness (QED) is 0.484. The molecule has 1 aliphatic heterocycles. The van der Waals surface area contributed by atoms with Crippen molar-refractivity contribution in [3.05, 3.63) is 92.6 Å². The van der Waals surface area contributed by atoms with Crippen molar-refractivity contribution in [3.63, 3.8) is 0 Å². The van der Waals surface area contributed by atoms with Crippen molar-refractivity contribution in [1.29, 1.82) is 0 Å². The average Bonchev–Trinajstić information content (AvgIpc) is 3.20. The fraction of sp³-hybridized carbons (Fsp3) is 0.269. The summed E-state index contributed by atoms with van der Waals surface area (Å²) < 4.78 is 4.74. The number of fused-ring (bicyclic) bond motifs is 3. The molecule has 0 amide bonds. The fourth-order valence-corrected chi connectivity index (χ4v) is 4.47. The van der Waals surface area contributed by atoms with Gasteiger partial charge in [-0.3, -0.25) is 13.9 Å². The number of benzene rings is 2. The van der Waals surface area contributed by atoms with E-state index in [9.17, 15) is 9.59 Å². The van der Waals surface area contributed by atoms with Crippen molar-refractivity contribution in [1.82, 2.24) is 18.7 Å². The van der Waals surface area contributed by atoms with Gasteiger partial charge in [-0.2, -0.15) is 4.98 Å². The van der Waals surface area contributed by atoms with E-state index in [1.54, 1.807) is 7.05 Å². The molecule has 5 rings (SSSR count). The lowest BCUT2D eigenvalue weighted by atomic mass is 10.1. The van der Waals surface area contributed by atoms with Crippen LogP contribution in [0.5, 0.6) is 0 Å². The number of hydrogen-bond donors (Lipinski definition) is 0. The molecule has 0 aliphatic carbocycles. The summed E-state index contributed by atoms with van der Waals surface area (Å²) >= 11 is 0. The number of imidazole rings is 1. The third kappa shape index (κ3) is 3.69. The molecule has 1 atom stereocenters. The van der Waals surface area contributed by atoms with Crippen LogP contribution in [0.4, 0.5) is 11.6 Å². The molecule has 0 unspecified atom stereocenters. The normalized spacial score (nSPS) is 16.0. The molecular weight excluding hydrogens is 414 g/mol. The standard InChI is InChI=1S/C26H27N5O2/c1-18-11-13-21(14-12-18)30-16-19(2)17-31-22-23(27-25(30)31)28(3)26(33)29(24(22)32)15-7-10-20-8-5-4-6-9-20/h4-14,19H,15-17H2,1-3H3/b10-7+/t19-/m0/s1. The van der Waals surface area contributed by atoms with Crippen LogP contribution in [0.25, 0.3) is 17.2 Å². The molecule has 0 radical (unpaired) electrons. The molecule has 4 aromatic rings. The molecule has 0 saturated carbocycles. The van der Waals surface area contributed by atoms with Gasteiger partial charge in [-0.05, 0) is 30.5 Å². The van der Waals surface area contributed by atoms with Crippen LogP contribution in [0, 0.1) is 12.8 Å². The Morgan fingerprint density at radius 3 is 2.48 bits per heavy atom. The van der Waals surface area contributed by atoms with Crippen LogP contribution in [0.1, 0.15) is 18.1 Å². The first-order valence-electron chi connectivity index (χ1n) is 11.2. The minimum absolute atomic E-state index is 0.202. The summed E-state index contributed by atoms with van der Waals surface area (Å²) in [6, 6.07) is 18.1. The Morgan fingerprint density at radius 2 is 1.76 bits per heavy atom. The molecule has 168 valence electrons. The van der Waals surface area contributed by atoms with Crippen molar-refractivity contribution in [2.24, 2.45) is 13.0 Å². The average molecular weight is 442 g/mol. The molecule has 0 bridgehead atoms. The van der Waals surface area contributed by atoms with Crippen LogP contribution in [-0.4, -0.2) is 25.2 Å². The van der Waals surface area contributed by atoms with Gasteiger partial charge in [0, 0.05) is 32.4 Å². The molecule has 33 heavy (non-hydrogen) atoms. The van der Waals surface area contributed by atoms with E-state index in [1.165, 1.54) is 14.7 Å². The number of anilines is 2. The van der Waals surface area contributed by atoms with Gasteiger partial charge >= 0.3 is 5.69 Å². The molecule has 3 heterocycles. The van der Waals surface area contributed by atoms with Gasteiger partial charge in [0.25, 0.3) is 5.56 Å². The Balaban J connectivity index is 1.63. The lowest BCUT2D eigenvalue weighted by Gasteiger charge is -2.33. The first kappa shape index (κ1) is 21.0. The number of hydrogen-bond acceptors (Lipinski definition) is 4. The van der Waals surface area contributed by atoms with Crippen molar-refractivity contribution in [3.8, 4) is 0 Å². The van der Waals surface area contributed by atoms with Gasteiger partial charge in [-0.25, -0.2) is 4.79 Å². The Bertz CT molecular complexity index is 1460. The predicted molar refractivity (Wildman–Crippen MR) is 132 cm³/mol. The zero-order chi connectivity index (χ0) is 23.1. The van der Waals surface area contributed by atoms with E-state index in [2.05, 4.69) is 43.0 Å². The van der Waals surface area contributed by atoms with Crippen LogP contribution < -0.4 is 16.1 Å². The summed E-state index contributed by atoms with van der Waals surface area (Å²) in [4.78, 5) is 33.5. The van der Waals surface area contributed by atoms with E-state index in [4.69, 9.17) is 4.98 Å². The highest BCUT2D eigenvalue weighted by atomic mass is 16.2. The smallest absolute Gasteiger partial charge is 0.312 e. The number of rotatable bonds is 4. The van der Waals surface area contributed by atoms with Gasteiger partial charge in [-0.1, -0.05) is 67.1 Å². The van der Waals surface area contributed by atoms with Gasteiger partial charge in [-0.15, -0.1) is 0 Å². The summed E-state index contributed by atoms with van der Waals surface area (Å²) in [6.45, 7) is 5.91. The summed E-state index contributed by atoms with van der Waals surface area (Å²) in [7, 11) is 1.68. The third-order valence-electron chi connectivity index (χ3n) is 6.19. The number of nitrogens with zero attached hydrogens (tertiary/aromatic N) is 5. The van der Waals surface area contributed by atoms with E-state index in [-0.39, 0.29) is 17.8 Å². The molecule has 7 nitrogen and oxygen atoms in total. The number of aryl methyl sites for hydroxylation is 2. The third-order valence-corrected chi connectivity index (χ3v) is 6.19. The Morgan fingerprint density at radius 1 is 1.03 bits per heavy atom. The zero-order valence-electron chi connectivity index (χ0n) is 19.1. The molecule has 0 saturated heterocycles. The van der Waals surface area contributed by atoms with Crippen LogP contribution in [0.2, 0.25) is 0 Å². The molecule has 7 heteroatoms. The minimum Gasteiger partial charge on any atom is -0.312 e. The molecule has 2 aromatic heterocycles. The van der Waals surface area contributed by atoms with Crippen LogP contribution in [-0.2, 0) is 20.1 Å². The van der Waals surface area contributed by atoms with Crippen molar-refractivity contribution < 1.29 is 0 Å². The van der Waals surface area contributed by atoms with E-state index in [0.29, 0.717) is 29.6 Å². The summed E-state index contributed by atoms with van der Waals surface area (Å²) in [5.41, 5.74) is 3.47. The van der Waals surface area contributed by atoms with Crippen LogP contribution in [0.3, 0.4) is 0 Å². The highest BCUT2D eigenvalue weighted by Crippen LogP contribution is 2.32. The Kier molecular flexibility index (Phi) is 5.24. The van der Waals surface area contributed by atoms with E-state index < -0.39 is 0 Å². The maximum Gasteiger partial charge on any atom is 0.332 e. The molecular formula is C26H27N5O2. The first-order chi connectivity index (χ1) is 15.9. The zero-order valence-corrected chi connectivity index (χ0v) is 19.1. The summed E-state index contributed by atoms with van der Waals surface area (Å²) in [5.74, 6) is 1.02. The van der Waals surface area contributed by atoms with E-state index >= 15 is 0 Å². The van der Waals surface area contributed by atoms with Crippen molar-refractivity contribution in [2.75, 3.05) is 11.4 Å². The lowest BCUT2D eigenvalue weighted by Crippen LogP contribution is -2.40. The minimum atomic E-state index is -0.365. The predicted octanol–water partition coefficient (Wildman–Crippen LogP) is 3.71. The molecule has 0 spiro atoms. The first-order valence-corrected chi connectivity index (χ1v) is 11.2. The van der Waals surface area contributed by atoms with Gasteiger partial charge < -0.3 is 9.47 Å². The molecule has 1 aliphatic rings. The van der Waals surface area contributed by atoms with Gasteiger partial charge in [0.1, 0.15) is 0 Å². The SMILES string of the molecule is Cc1ccc(N2C[C@H](C)Cn3c2nc2c3c(=O)n(C/C=C/c3ccccc3)c(=O)n2C)cc1. The monoisotopic (exact) mass is 441 g/mol. The van der Waals surface area contributed by atoms with Gasteiger partial charge in [0.15, 0.2) is 11.2 Å². The largest absolute Gasteiger partial charge is 0.332 e. The Labute approximate surface area is 191 Å². The molecule has 2 aromatic carbocycles. The maximum atomic E-state index is 13.5. The van der Waals surface area contributed by atoms with Crippen molar-refractivity contribution >= 4 is 28.9 Å². The van der Waals surface area contributed by atoms with Crippen LogP contribution in [0.15, 0.2) is 70.3 Å². The number of allylic oxidation sites excluding steroid dienone is 1. The number of aromatic nitrogens is 4. The second kappa shape index (κ2) is 8.24. The highest BCUT2D eigenvalue weighted by molar-refractivity contribution is 5.77. The second-order valence-electron chi connectivity index (χ2n) is 8.82. The highest BCUT2D eigenvalue weighted by Gasteiger charge is 2.29. The topological polar surface area (TPSA) is 65.1 Å². The maximum absolute atomic E-state index is 13.5. The summed E-state index contributed by atoms with van der Waals surface area (Å²) in [5, 5.41) is 0. The van der Waals surface area contributed by atoms with Gasteiger partial charge in [0.2, 0.25) is 5.95 Å². The van der Waals surface area contributed by atoms with Crippen LogP contribution >= 0.6 is 0 Å². The molecule has 0 N–H and O–H groups in total. The molecule has 0 fully saturated rings. The van der Waals surface area contributed by atoms with Crippen molar-refractivity contribution in [2.45, 2.75) is 26.9 Å². The summed E-state index contributed by atoms with van der Waals surface area (Å²) in [6.07, 6.45) is 3.77. The lowest BCUT2D eigenvalue weighted by molar-refractivity contribution is 0.458. The second-order valence-corrected chi connectivity index (χ2v) is 8.82. The Hall–Kier alpha value is -3.87. The van der Waals surface area contributed by atoms with Gasteiger partial charge in [0.05, 0.1) is 0 Å². The van der Waals surface area contributed by atoms with E-state index in [1.807, 2.05) is 47.1 Å². The fourth-order valence-electron chi connectivity index (χ4n) is 4.47.